The molecule has 2 aromatic rings. The normalized spacial score (nSPS) is 10.2. The molecule has 2 rings (SSSR count). The molecule has 0 unspecified atom stereocenters. The summed E-state index contributed by atoms with van der Waals surface area (Å²) in [7, 11) is 0. The summed E-state index contributed by atoms with van der Waals surface area (Å²) in [5.41, 5.74) is 0.686. The fourth-order valence-electron chi connectivity index (χ4n) is 1.43. The van der Waals surface area contributed by atoms with Crippen LogP contribution in [-0.2, 0) is 6.54 Å². The maximum atomic E-state index is 13.3. The summed E-state index contributed by atoms with van der Waals surface area (Å²) in [5.74, 6) is -1.22. The molecule has 0 saturated heterocycles. The first-order chi connectivity index (χ1) is 8.20. The van der Waals surface area contributed by atoms with Crippen molar-refractivity contribution in [2.75, 3.05) is 5.32 Å². The molecule has 1 aromatic carbocycles. The van der Waals surface area contributed by atoms with Gasteiger partial charge in [0.25, 0.3) is 0 Å². The predicted octanol–water partition coefficient (Wildman–Crippen LogP) is 2.87. The van der Waals surface area contributed by atoms with Crippen LogP contribution in [0.15, 0.2) is 37.2 Å². The third kappa shape index (κ3) is 2.50. The van der Waals surface area contributed by atoms with E-state index in [0.29, 0.717) is 6.54 Å². The molecule has 0 bridgehead atoms. The van der Waals surface area contributed by atoms with E-state index in [0.717, 1.165) is 5.56 Å². The Morgan fingerprint density at radius 3 is 2.65 bits per heavy atom. The molecule has 88 valence electrons. The van der Waals surface area contributed by atoms with Gasteiger partial charge in [-0.25, -0.2) is 13.5 Å². The van der Waals surface area contributed by atoms with Gasteiger partial charge in [0.05, 0.1) is 6.20 Å². The van der Waals surface area contributed by atoms with Gasteiger partial charge in [0.15, 0.2) is 0 Å². The van der Waals surface area contributed by atoms with E-state index in [-0.39, 0.29) is 5.69 Å². The van der Waals surface area contributed by atoms with Crippen LogP contribution in [0.5, 0.6) is 0 Å². The van der Waals surface area contributed by atoms with Crippen molar-refractivity contribution in [3.8, 4) is 0 Å². The number of nitrogens with zero attached hydrogens (tertiary/aromatic N) is 2. The van der Waals surface area contributed by atoms with Gasteiger partial charge in [-0.05, 0) is 12.1 Å². The molecule has 0 aliphatic carbocycles. The van der Waals surface area contributed by atoms with Crippen molar-refractivity contribution in [2.45, 2.75) is 6.54 Å². The second-order valence-electron chi connectivity index (χ2n) is 3.46. The molecule has 0 saturated carbocycles. The Morgan fingerprint density at radius 1 is 1.35 bits per heavy atom. The Bertz CT molecular complexity index is 514. The van der Waals surface area contributed by atoms with E-state index in [1.54, 1.807) is 12.4 Å². The molecule has 1 aromatic heterocycles. The topological polar surface area (TPSA) is 29.9 Å². The standard InChI is InChI=1S/C12H11F2N3/c1-2-17-8-9(7-16-17)6-15-12-10(13)4-3-5-11(12)14/h2-5,7-8,15H,1,6H2. The highest BCUT2D eigenvalue weighted by atomic mass is 19.1. The number of halogens is 2. The number of aromatic nitrogens is 2. The van der Waals surface area contributed by atoms with Crippen molar-refractivity contribution in [1.29, 1.82) is 0 Å². The Hall–Kier alpha value is -2.17. The van der Waals surface area contributed by atoms with Crippen molar-refractivity contribution in [3.63, 3.8) is 0 Å². The number of rotatable bonds is 4. The zero-order valence-electron chi connectivity index (χ0n) is 9.03. The zero-order chi connectivity index (χ0) is 12.3. The number of para-hydroxylation sites is 1. The van der Waals surface area contributed by atoms with Gasteiger partial charge in [-0.1, -0.05) is 12.6 Å². The van der Waals surface area contributed by atoms with E-state index in [9.17, 15) is 8.78 Å². The van der Waals surface area contributed by atoms with Crippen LogP contribution in [0.3, 0.4) is 0 Å². The predicted molar refractivity (Wildman–Crippen MR) is 62.3 cm³/mol. The number of nitrogens with one attached hydrogen (secondary N) is 1. The zero-order valence-corrected chi connectivity index (χ0v) is 9.03. The van der Waals surface area contributed by atoms with E-state index in [1.165, 1.54) is 29.1 Å². The van der Waals surface area contributed by atoms with Crippen molar-refractivity contribution in [3.05, 3.63) is 54.4 Å². The van der Waals surface area contributed by atoms with Gasteiger partial charge in [0.2, 0.25) is 0 Å². The van der Waals surface area contributed by atoms with Crippen LogP contribution >= 0.6 is 0 Å². The second-order valence-corrected chi connectivity index (χ2v) is 3.46. The summed E-state index contributed by atoms with van der Waals surface area (Å²) in [6, 6.07) is 3.74. The molecule has 1 heterocycles. The SMILES string of the molecule is C=Cn1cc(CNc2c(F)cccc2F)cn1. The molecule has 0 atom stereocenters. The van der Waals surface area contributed by atoms with Crippen LogP contribution in [0.2, 0.25) is 0 Å². The minimum absolute atomic E-state index is 0.126. The van der Waals surface area contributed by atoms with Gasteiger partial charge < -0.3 is 5.32 Å². The van der Waals surface area contributed by atoms with Crippen molar-refractivity contribution in [1.82, 2.24) is 9.78 Å². The second kappa shape index (κ2) is 4.78. The van der Waals surface area contributed by atoms with E-state index in [1.807, 2.05) is 0 Å². The highest BCUT2D eigenvalue weighted by Crippen LogP contribution is 2.18. The van der Waals surface area contributed by atoms with Crippen LogP contribution < -0.4 is 5.32 Å². The van der Waals surface area contributed by atoms with Crippen molar-refractivity contribution >= 4 is 11.9 Å². The fourth-order valence-corrected chi connectivity index (χ4v) is 1.43. The Balaban J connectivity index is 2.09. The minimum atomic E-state index is -0.610. The lowest BCUT2D eigenvalue weighted by Crippen LogP contribution is -2.03. The van der Waals surface area contributed by atoms with Crippen LogP contribution in [0.25, 0.3) is 6.20 Å². The molecular weight excluding hydrogens is 224 g/mol. The Kier molecular flexibility index (Phi) is 3.18. The summed E-state index contributed by atoms with van der Waals surface area (Å²) in [6.45, 7) is 3.85. The summed E-state index contributed by atoms with van der Waals surface area (Å²) < 4.78 is 28.1. The lowest BCUT2D eigenvalue weighted by Gasteiger charge is -2.06. The van der Waals surface area contributed by atoms with E-state index < -0.39 is 11.6 Å². The van der Waals surface area contributed by atoms with Crippen LogP contribution in [0.1, 0.15) is 5.56 Å². The first kappa shape index (κ1) is 11.3. The quantitative estimate of drug-likeness (QED) is 0.883. The van der Waals surface area contributed by atoms with Gasteiger partial charge in [-0.3, -0.25) is 0 Å². The van der Waals surface area contributed by atoms with Gasteiger partial charge >= 0.3 is 0 Å². The lowest BCUT2D eigenvalue weighted by atomic mass is 10.2. The molecule has 0 fully saturated rings. The average Bonchev–Trinajstić information content (AvgIpc) is 2.76. The van der Waals surface area contributed by atoms with E-state index >= 15 is 0 Å². The van der Waals surface area contributed by atoms with Crippen LogP contribution in [0, 0.1) is 11.6 Å². The first-order valence-corrected chi connectivity index (χ1v) is 5.04. The molecular formula is C12H11F2N3. The van der Waals surface area contributed by atoms with Gasteiger partial charge in [-0.2, -0.15) is 5.10 Å². The first-order valence-electron chi connectivity index (χ1n) is 5.04. The molecule has 5 heteroatoms. The number of benzene rings is 1. The Labute approximate surface area is 97.4 Å². The van der Waals surface area contributed by atoms with E-state index in [4.69, 9.17) is 0 Å². The molecule has 1 N–H and O–H groups in total. The summed E-state index contributed by atoms with van der Waals surface area (Å²) >= 11 is 0. The Morgan fingerprint density at radius 2 is 2.06 bits per heavy atom. The summed E-state index contributed by atoms with van der Waals surface area (Å²) in [6.07, 6.45) is 4.86. The number of anilines is 1. The molecule has 0 amide bonds. The molecule has 17 heavy (non-hydrogen) atoms. The average molecular weight is 235 g/mol. The smallest absolute Gasteiger partial charge is 0.149 e. The summed E-state index contributed by atoms with van der Waals surface area (Å²) in [4.78, 5) is 0. The van der Waals surface area contributed by atoms with Crippen LogP contribution in [0.4, 0.5) is 14.5 Å². The van der Waals surface area contributed by atoms with Gasteiger partial charge in [0, 0.05) is 24.5 Å². The third-order valence-electron chi connectivity index (χ3n) is 2.27. The number of hydrogen-bond acceptors (Lipinski definition) is 2. The van der Waals surface area contributed by atoms with Crippen molar-refractivity contribution in [2.24, 2.45) is 0 Å². The molecule has 0 spiro atoms. The maximum absolute atomic E-state index is 13.3. The molecule has 0 aliphatic heterocycles. The molecule has 3 nitrogen and oxygen atoms in total. The highest BCUT2D eigenvalue weighted by Gasteiger charge is 2.07. The fraction of sp³-hybridized carbons (Fsp3) is 0.0833. The summed E-state index contributed by atoms with van der Waals surface area (Å²) in [5, 5.41) is 6.66. The third-order valence-corrected chi connectivity index (χ3v) is 2.27. The lowest BCUT2D eigenvalue weighted by molar-refractivity contribution is 0.588. The van der Waals surface area contributed by atoms with E-state index in [2.05, 4.69) is 17.0 Å². The van der Waals surface area contributed by atoms with Crippen LogP contribution in [-0.4, -0.2) is 9.78 Å². The monoisotopic (exact) mass is 235 g/mol. The largest absolute Gasteiger partial charge is 0.376 e. The van der Waals surface area contributed by atoms with Gasteiger partial charge in [-0.15, -0.1) is 0 Å². The molecule has 0 aliphatic rings. The van der Waals surface area contributed by atoms with Crippen molar-refractivity contribution < 1.29 is 8.78 Å². The molecule has 0 radical (unpaired) electrons. The maximum Gasteiger partial charge on any atom is 0.149 e. The number of hydrogen-bond donors (Lipinski definition) is 1. The minimum Gasteiger partial charge on any atom is -0.376 e. The van der Waals surface area contributed by atoms with Gasteiger partial charge in [0.1, 0.15) is 17.3 Å². The highest BCUT2D eigenvalue weighted by molar-refractivity contribution is 5.46.